The maximum Gasteiger partial charge on any atom is 0.265 e. The van der Waals surface area contributed by atoms with Crippen molar-refractivity contribution in [3.8, 4) is 5.75 Å². The van der Waals surface area contributed by atoms with Gasteiger partial charge in [0, 0.05) is 18.7 Å². The third-order valence-electron chi connectivity index (χ3n) is 2.28. The minimum atomic E-state index is -2.75. The number of phenols is 1. The lowest BCUT2D eigenvalue weighted by atomic mass is 10.1. The van der Waals surface area contributed by atoms with Gasteiger partial charge in [-0.25, -0.2) is 8.78 Å². The van der Waals surface area contributed by atoms with E-state index < -0.39 is 12.5 Å². The van der Waals surface area contributed by atoms with Gasteiger partial charge >= 0.3 is 0 Å². The molecular formula is C11H15F2NO2. The summed E-state index contributed by atoms with van der Waals surface area (Å²) < 4.78 is 23.9. The lowest BCUT2D eigenvalue weighted by Gasteiger charge is -2.12. The second kappa shape index (κ2) is 5.77. The van der Waals surface area contributed by atoms with E-state index in [2.05, 4.69) is 5.32 Å². The molecule has 1 aromatic rings. The fourth-order valence-electron chi connectivity index (χ4n) is 1.31. The standard InChI is InChI=1S/C11H15F2NO2/c1-7-3-2-4-8(10(7)16)5-14-6-9(15)11(12)13/h2-4,9,11,14-16H,5-6H2,1H3. The summed E-state index contributed by atoms with van der Waals surface area (Å²) in [5.41, 5.74) is 1.36. The van der Waals surface area contributed by atoms with E-state index in [-0.39, 0.29) is 18.8 Å². The maximum atomic E-state index is 12.0. The number of hydrogen-bond acceptors (Lipinski definition) is 3. The highest BCUT2D eigenvalue weighted by molar-refractivity contribution is 5.39. The first-order chi connectivity index (χ1) is 7.52. The van der Waals surface area contributed by atoms with Crippen molar-refractivity contribution < 1.29 is 19.0 Å². The molecule has 90 valence electrons. The molecule has 3 nitrogen and oxygen atoms in total. The highest BCUT2D eigenvalue weighted by Gasteiger charge is 2.15. The van der Waals surface area contributed by atoms with Crippen molar-refractivity contribution in [2.75, 3.05) is 6.54 Å². The number of nitrogens with one attached hydrogen (secondary N) is 1. The van der Waals surface area contributed by atoms with Crippen LogP contribution in [0.15, 0.2) is 18.2 Å². The molecule has 0 aliphatic carbocycles. The highest BCUT2D eigenvalue weighted by Crippen LogP contribution is 2.20. The van der Waals surface area contributed by atoms with Gasteiger partial charge < -0.3 is 15.5 Å². The molecule has 0 saturated heterocycles. The molecule has 0 spiro atoms. The summed E-state index contributed by atoms with van der Waals surface area (Å²) >= 11 is 0. The fourth-order valence-corrected chi connectivity index (χ4v) is 1.31. The van der Waals surface area contributed by atoms with Crippen LogP contribution in [-0.2, 0) is 6.54 Å². The average molecular weight is 231 g/mol. The van der Waals surface area contributed by atoms with Gasteiger partial charge in [0.15, 0.2) is 0 Å². The van der Waals surface area contributed by atoms with Crippen LogP contribution in [0.1, 0.15) is 11.1 Å². The molecule has 3 N–H and O–H groups in total. The fraction of sp³-hybridized carbons (Fsp3) is 0.455. The Bertz CT molecular complexity index is 345. The summed E-state index contributed by atoms with van der Waals surface area (Å²) in [7, 11) is 0. The van der Waals surface area contributed by atoms with Crippen LogP contribution in [0.25, 0.3) is 0 Å². The van der Waals surface area contributed by atoms with Crippen molar-refractivity contribution in [2.45, 2.75) is 26.0 Å². The molecule has 0 heterocycles. The molecule has 0 aliphatic rings. The van der Waals surface area contributed by atoms with E-state index in [0.717, 1.165) is 5.56 Å². The number of benzene rings is 1. The molecule has 0 saturated carbocycles. The van der Waals surface area contributed by atoms with Gasteiger partial charge in [0.05, 0.1) is 0 Å². The Morgan fingerprint density at radius 3 is 2.69 bits per heavy atom. The number of aryl methyl sites for hydroxylation is 1. The van der Waals surface area contributed by atoms with E-state index in [4.69, 9.17) is 5.11 Å². The van der Waals surface area contributed by atoms with Crippen LogP contribution < -0.4 is 5.32 Å². The van der Waals surface area contributed by atoms with Crippen molar-refractivity contribution in [3.05, 3.63) is 29.3 Å². The number of para-hydroxylation sites is 1. The number of rotatable bonds is 5. The Labute approximate surface area is 92.7 Å². The summed E-state index contributed by atoms with van der Waals surface area (Å²) in [6.07, 6.45) is -4.43. The van der Waals surface area contributed by atoms with Crippen LogP contribution in [0.4, 0.5) is 8.78 Å². The highest BCUT2D eigenvalue weighted by atomic mass is 19.3. The normalized spacial score (nSPS) is 13.1. The molecule has 0 aromatic heterocycles. The Morgan fingerprint density at radius 2 is 2.06 bits per heavy atom. The maximum absolute atomic E-state index is 12.0. The molecule has 1 atom stereocenters. The van der Waals surface area contributed by atoms with Gasteiger partial charge in [-0.3, -0.25) is 0 Å². The predicted octanol–water partition coefficient (Wildman–Crippen LogP) is 1.42. The van der Waals surface area contributed by atoms with Gasteiger partial charge in [-0.2, -0.15) is 0 Å². The number of aromatic hydroxyl groups is 1. The number of alkyl halides is 2. The van der Waals surface area contributed by atoms with Gasteiger partial charge in [0.1, 0.15) is 11.9 Å². The lowest BCUT2D eigenvalue weighted by Crippen LogP contribution is -2.31. The van der Waals surface area contributed by atoms with Crippen molar-refractivity contribution in [1.82, 2.24) is 5.32 Å². The van der Waals surface area contributed by atoms with Crippen LogP contribution in [0.5, 0.6) is 5.75 Å². The SMILES string of the molecule is Cc1cccc(CNCC(O)C(F)F)c1O. The third-order valence-corrected chi connectivity index (χ3v) is 2.28. The minimum Gasteiger partial charge on any atom is -0.507 e. The van der Waals surface area contributed by atoms with Gasteiger partial charge in [0.25, 0.3) is 6.43 Å². The van der Waals surface area contributed by atoms with Crippen molar-refractivity contribution >= 4 is 0 Å². The molecular weight excluding hydrogens is 216 g/mol. The second-order valence-corrected chi connectivity index (χ2v) is 3.62. The van der Waals surface area contributed by atoms with Crippen LogP contribution in [0.3, 0.4) is 0 Å². The van der Waals surface area contributed by atoms with Crippen molar-refractivity contribution in [2.24, 2.45) is 0 Å². The Morgan fingerprint density at radius 1 is 1.38 bits per heavy atom. The van der Waals surface area contributed by atoms with Crippen LogP contribution >= 0.6 is 0 Å². The van der Waals surface area contributed by atoms with Crippen LogP contribution in [0.2, 0.25) is 0 Å². The molecule has 5 heteroatoms. The van der Waals surface area contributed by atoms with Crippen LogP contribution in [0, 0.1) is 6.92 Å². The van der Waals surface area contributed by atoms with Crippen LogP contribution in [-0.4, -0.2) is 29.3 Å². The van der Waals surface area contributed by atoms with Gasteiger partial charge in [-0.1, -0.05) is 18.2 Å². The Hall–Kier alpha value is -1.20. The molecule has 1 rings (SSSR count). The zero-order valence-electron chi connectivity index (χ0n) is 8.95. The van der Waals surface area contributed by atoms with E-state index in [9.17, 15) is 13.9 Å². The average Bonchev–Trinajstić information content (AvgIpc) is 2.24. The predicted molar refractivity (Wildman–Crippen MR) is 56.6 cm³/mol. The van der Waals surface area contributed by atoms with Gasteiger partial charge in [-0.05, 0) is 12.5 Å². The zero-order valence-corrected chi connectivity index (χ0v) is 8.95. The first-order valence-electron chi connectivity index (χ1n) is 4.96. The van der Waals surface area contributed by atoms with E-state index in [1.807, 2.05) is 0 Å². The van der Waals surface area contributed by atoms with Crippen molar-refractivity contribution in [3.63, 3.8) is 0 Å². The first kappa shape index (κ1) is 12.9. The molecule has 1 unspecified atom stereocenters. The number of aliphatic hydroxyl groups excluding tert-OH is 1. The summed E-state index contributed by atoms with van der Waals surface area (Å²) in [5, 5.41) is 21.1. The molecule has 0 fully saturated rings. The van der Waals surface area contributed by atoms with E-state index in [1.54, 1.807) is 25.1 Å². The monoisotopic (exact) mass is 231 g/mol. The number of halogens is 2. The second-order valence-electron chi connectivity index (χ2n) is 3.62. The Kier molecular flexibility index (Phi) is 4.64. The summed E-state index contributed by atoms with van der Waals surface area (Å²) in [6.45, 7) is 1.80. The van der Waals surface area contributed by atoms with E-state index >= 15 is 0 Å². The summed E-state index contributed by atoms with van der Waals surface area (Å²) in [6, 6.07) is 5.23. The number of hydrogen-bond donors (Lipinski definition) is 3. The molecule has 1 aromatic carbocycles. The summed E-state index contributed by atoms with van der Waals surface area (Å²) in [5.74, 6) is 0.154. The van der Waals surface area contributed by atoms with E-state index in [1.165, 1.54) is 0 Å². The number of phenolic OH excluding ortho intramolecular Hbond substituents is 1. The molecule has 0 bridgehead atoms. The Balaban J connectivity index is 2.46. The lowest BCUT2D eigenvalue weighted by molar-refractivity contribution is -0.00342. The largest absolute Gasteiger partial charge is 0.507 e. The quantitative estimate of drug-likeness (QED) is 0.718. The van der Waals surface area contributed by atoms with Gasteiger partial charge in [0.2, 0.25) is 0 Å². The molecule has 16 heavy (non-hydrogen) atoms. The zero-order chi connectivity index (χ0) is 12.1. The third kappa shape index (κ3) is 3.43. The molecule has 0 amide bonds. The topological polar surface area (TPSA) is 52.5 Å². The van der Waals surface area contributed by atoms with E-state index in [0.29, 0.717) is 5.56 Å². The molecule has 0 aliphatic heterocycles. The first-order valence-corrected chi connectivity index (χ1v) is 4.96. The molecule has 0 radical (unpaired) electrons. The van der Waals surface area contributed by atoms with Crippen molar-refractivity contribution in [1.29, 1.82) is 0 Å². The smallest absolute Gasteiger partial charge is 0.265 e. The summed E-state index contributed by atoms with van der Waals surface area (Å²) in [4.78, 5) is 0. The van der Waals surface area contributed by atoms with Gasteiger partial charge in [-0.15, -0.1) is 0 Å². The minimum absolute atomic E-state index is 0.154. The number of aliphatic hydroxyl groups is 1.